The second-order valence-electron chi connectivity index (χ2n) is 6.31. The van der Waals surface area contributed by atoms with Crippen LogP contribution in [0.2, 0.25) is 0 Å². The number of hydrogen-bond acceptors (Lipinski definition) is 3. The third-order valence-electron chi connectivity index (χ3n) is 4.67. The fourth-order valence-electron chi connectivity index (χ4n) is 3.26. The maximum Gasteiger partial charge on any atom is 0.225 e. The van der Waals surface area contributed by atoms with Gasteiger partial charge in [-0.2, -0.15) is 0 Å². The fourth-order valence-corrected chi connectivity index (χ4v) is 3.26. The standard InChI is InChI=1S/C19H31N3O/c1-3-22(4-2)18-12-10-17(11-13-18)21-19(23)14-15-20-16-8-6-5-7-9-16/h10-13,16,20H,3-9,14-15H2,1-2H3,(H,21,23). The lowest BCUT2D eigenvalue weighted by Gasteiger charge is -2.22. The van der Waals surface area contributed by atoms with Crippen LogP contribution in [-0.2, 0) is 4.79 Å². The lowest BCUT2D eigenvalue weighted by atomic mass is 9.95. The van der Waals surface area contributed by atoms with Crippen molar-refractivity contribution in [2.75, 3.05) is 29.9 Å². The van der Waals surface area contributed by atoms with Gasteiger partial charge in [0.25, 0.3) is 0 Å². The number of benzene rings is 1. The van der Waals surface area contributed by atoms with Gasteiger partial charge in [0.1, 0.15) is 0 Å². The molecule has 128 valence electrons. The molecule has 0 heterocycles. The molecule has 23 heavy (non-hydrogen) atoms. The van der Waals surface area contributed by atoms with E-state index in [0.717, 1.165) is 25.3 Å². The molecule has 4 nitrogen and oxygen atoms in total. The Morgan fingerprint density at radius 1 is 1.09 bits per heavy atom. The van der Waals surface area contributed by atoms with Crippen molar-refractivity contribution in [2.45, 2.75) is 58.4 Å². The quantitative estimate of drug-likeness (QED) is 0.767. The molecule has 2 N–H and O–H groups in total. The molecule has 1 saturated carbocycles. The zero-order chi connectivity index (χ0) is 16.5. The second-order valence-corrected chi connectivity index (χ2v) is 6.31. The summed E-state index contributed by atoms with van der Waals surface area (Å²) in [6.07, 6.45) is 7.06. The Kier molecular flexibility index (Phi) is 7.40. The van der Waals surface area contributed by atoms with E-state index < -0.39 is 0 Å². The Balaban J connectivity index is 1.72. The van der Waals surface area contributed by atoms with Crippen LogP contribution in [0.1, 0.15) is 52.4 Å². The first-order valence-electron chi connectivity index (χ1n) is 9.11. The van der Waals surface area contributed by atoms with E-state index in [1.165, 1.54) is 37.8 Å². The van der Waals surface area contributed by atoms with Crippen molar-refractivity contribution in [3.63, 3.8) is 0 Å². The van der Waals surface area contributed by atoms with Crippen molar-refractivity contribution in [3.8, 4) is 0 Å². The van der Waals surface area contributed by atoms with Gasteiger partial charge in [0.2, 0.25) is 5.91 Å². The number of nitrogens with one attached hydrogen (secondary N) is 2. The minimum atomic E-state index is 0.0869. The highest BCUT2D eigenvalue weighted by Gasteiger charge is 2.12. The summed E-state index contributed by atoms with van der Waals surface area (Å²) in [5.41, 5.74) is 2.08. The van der Waals surface area contributed by atoms with Crippen molar-refractivity contribution >= 4 is 17.3 Å². The van der Waals surface area contributed by atoms with E-state index in [1.807, 2.05) is 12.1 Å². The monoisotopic (exact) mass is 317 g/mol. The number of anilines is 2. The third-order valence-corrected chi connectivity index (χ3v) is 4.67. The lowest BCUT2D eigenvalue weighted by molar-refractivity contribution is -0.116. The molecule has 0 unspecified atom stereocenters. The Hall–Kier alpha value is -1.55. The first-order chi connectivity index (χ1) is 11.2. The van der Waals surface area contributed by atoms with Crippen LogP contribution < -0.4 is 15.5 Å². The largest absolute Gasteiger partial charge is 0.372 e. The molecule has 0 saturated heterocycles. The van der Waals surface area contributed by atoms with Gasteiger partial charge in [-0.3, -0.25) is 4.79 Å². The van der Waals surface area contributed by atoms with E-state index in [2.05, 4.69) is 41.5 Å². The van der Waals surface area contributed by atoms with Gasteiger partial charge in [0.05, 0.1) is 0 Å². The molecular formula is C19H31N3O. The van der Waals surface area contributed by atoms with E-state index in [-0.39, 0.29) is 5.91 Å². The van der Waals surface area contributed by atoms with Gasteiger partial charge in [-0.15, -0.1) is 0 Å². The molecule has 0 atom stereocenters. The summed E-state index contributed by atoms with van der Waals surface area (Å²) in [5, 5.41) is 6.49. The maximum absolute atomic E-state index is 12.0. The van der Waals surface area contributed by atoms with Crippen LogP contribution in [0.25, 0.3) is 0 Å². The van der Waals surface area contributed by atoms with Crippen LogP contribution in [0.5, 0.6) is 0 Å². The molecule has 0 bridgehead atoms. The molecule has 1 amide bonds. The second kappa shape index (κ2) is 9.56. The summed E-state index contributed by atoms with van der Waals surface area (Å²) in [7, 11) is 0. The van der Waals surface area contributed by atoms with Crippen LogP contribution in [0.3, 0.4) is 0 Å². The molecule has 1 aliphatic carbocycles. The molecule has 1 aromatic carbocycles. The molecular weight excluding hydrogens is 286 g/mol. The lowest BCUT2D eigenvalue weighted by Crippen LogP contribution is -2.33. The molecule has 0 radical (unpaired) electrons. The SMILES string of the molecule is CCN(CC)c1ccc(NC(=O)CCNC2CCCCC2)cc1. The first-order valence-corrected chi connectivity index (χ1v) is 9.11. The minimum absolute atomic E-state index is 0.0869. The topological polar surface area (TPSA) is 44.4 Å². The molecule has 1 aliphatic rings. The number of carbonyl (C=O) groups excluding carboxylic acids is 1. The van der Waals surface area contributed by atoms with Gasteiger partial charge in [-0.25, -0.2) is 0 Å². The molecule has 0 aliphatic heterocycles. The van der Waals surface area contributed by atoms with Crippen molar-refractivity contribution in [1.82, 2.24) is 5.32 Å². The Morgan fingerprint density at radius 3 is 2.35 bits per heavy atom. The highest BCUT2D eigenvalue weighted by atomic mass is 16.1. The van der Waals surface area contributed by atoms with Gasteiger partial charge in [0, 0.05) is 43.5 Å². The average Bonchev–Trinajstić information content (AvgIpc) is 2.58. The van der Waals surface area contributed by atoms with Gasteiger partial charge < -0.3 is 15.5 Å². The zero-order valence-corrected chi connectivity index (χ0v) is 14.6. The summed E-state index contributed by atoms with van der Waals surface area (Å²) in [6, 6.07) is 8.73. The van der Waals surface area contributed by atoms with Gasteiger partial charge in [-0.1, -0.05) is 19.3 Å². The van der Waals surface area contributed by atoms with E-state index in [1.54, 1.807) is 0 Å². The van der Waals surface area contributed by atoms with Crippen LogP contribution in [0.4, 0.5) is 11.4 Å². The summed E-state index contributed by atoms with van der Waals surface area (Å²) in [4.78, 5) is 14.3. The average molecular weight is 317 g/mol. The summed E-state index contributed by atoms with van der Waals surface area (Å²) in [6.45, 7) is 7.06. The summed E-state index contributed by atoms with van der Waals surface area (Å²) in [5.74, 6) is 0.0869. The summed E-state index contributed by atoms with van der Waals surface area (Å²) < 4.78 is 0. The molecule has 0 aromatic heterocycles. The van der Waals surface area contributed by atoms with E-state index >= 15 is 0 Å². The Morgan fingerprint density at radius 2 is 1.74 bits per heavy atom. The number of nitrogens with zero attached hydrogens (tertiary/aromatic N) is 1. The zero-order valence-electron chi connectivity index (χ0n) is 14.6. The van der Waals surface area contributed by atoms with E-state index in [9.17, 15) is 4.79 Å². The Bertz CT molecular complexity index is 462. The number of amides is 1. The smallest absolute Gasteiger partial charge is 0.225 e. The number of hydrogen-bond donors (Lipinski definition) is 2. The third kappa shape index (κ3) is 5.87. The van der Waals surface area contributed by atoms with Crippen LogP contribution in [0.15, 0.2) is 24.3 Å². The highest BCUT2D eigenvalue weighted by molar-refractivity contribution is 5.91. The van der Waals surface area contributed by atoms with Crippen LogP contribution >= 0.6 is 0 Å². The van der Waals surface area contributed by atoms with Crippen molar-refractivity contribution in [1.29, 1.82) is 0 Å². The normalized spacial score (nSPS) is 15.4. The molecule has 1 fully saturated rings. The number of carbonyl (C=O) groups is 1. The van der Waals surface area contributed by atoms with Crippen molar-refractivity contribution < 1.29 is 4.79 Å². The minimum Gasteiger partial charge on any atom is -0.372 e. The van der Waals surface area contributed by atoms with Gasteiger partial charge in [-0.05, 0) is 51.0 Å². The van der Waals surface area contributed by atoms with Crippen molar-refractivity contribution in [3.05, 3.63) is 24.3 Å². The molecule has 0 spiro atoms. The maximum atomic E-state index is 12.0. The van der Waals surface area contributed by atoms with Crippen LogP contribution in [-0.4, -0.2) is 31.6 Å². The summed E-state index contributed by atoms with van der Waals surface area (Å²) >= 11 is 0. The first kappa shape index (κ1) is 17.8. The predicted molar refractivity (Wildman–Crippen MR) is 98.1 cm³/mol. The molecule has 4 heteroatoms. The van der Waals surface area contributed by atoms with E-state index in [4.69, 9.17) is 0 Å². The number of rotatable bonds is 8. The fraction of sp³-hybridized carbons (Fsp3) is 0.632. The highest BCUT2D eigenvalue weighted by Crippen LogP contribution is 2.18. The van der Waals surface area contributed by atoms with E-state index in [0.29, 0.717) is 12.5 Å². The van der Waals surface area contributed by atoms with Gasteiger partial charge >= 0.3 is 0 Å². The Labute approximate surface area is 140 Å². The van der Waals surface area contributed by atoms with Crippen LogP contribution in [0, 0.1) is 0 Å². The predicted octanol–water partition coefficient (Wildman–Crippen LogP) is 3.78. The van der Waals surface area contributed by atoms with Gasteiger partial charge in [0.15, 0.2) is 0 Å². The molecule has 2 rings (SSSR count). The van der Waals surface area contributed by atoms with Crippen molar-refractivity contribution in [2.24, 2.45) is 0 Å². The molecule has 1 aromatic rings.